The summed E-state index contributed by atoms with van der Waals surface area (Å²) in [5.41, 5.74) is 4.48. The molecule has 0 heterocycles. The van der Waals surface area contributed by atoms with Crippen molar-refractivity contribution in [2.45, 2.75) is 52.0 Å². The van der Waals surface area contributed by atoms with Gasteiger partial charge in [0.25, 0.3) is 0 Å². The Morgan fingerprint density at radius 3 is 2.35 bits per heavy atom. The lowest BCUT2D eigenvalue weighted by atomic mass is 9.86. The van der Waals surface area contributed by atoms with Crippen molar-refractivity contribution >= 4 is 17.7 Å². The normalized spacial score (nSPS) is 27.4. The Morgan fingerprint density at radius 2 is 1.80 bits per heavy atom. The van der Waals surface area contributed by atoms with Gasteiger partial charge in [0.05, 0.1) is 0 Å². The minimum Gasteiger partial charge on any atom is -0.346 e. The van der Waals surface area contributed by atoms with Gasteiger partial charge in [0.2, 0.25) is 5.91 Å². The molecule has 112 valence electrons. The molecule has 0 aromatic rings. The highest BCUT2D eigenvalue weighted by atomic mass is 16.2. The number of hydrogen-bond donors (Lipinski definition) is 3. The summed E-state index contributed by atoms with van der Waals surface area (Å²) in [7, 11) is 0. The fraction of sp³-hybridized carbons (Fsp3) is 0.786. The lowest BCUT2D eigenvalue weighted by Crippen LogP contribution is -2.50. The van der Waals surface area contributed by atoms with Crippen LogP contribution in [-0.2, 0) is 14.4 Å². The second-order valence-electron chi connectivity index (χ2n) is 6.27. The third-order valence-electron chi connectivity index (χ3n) is 4.27. The first-order valence-corrected chi connectivity index (χ1v) is 7.35. The zero-order valence-electron chi connectivity index (χ0n) is 12.1. The molecule has 0 aromatic carbocycles. The molecule has 2 bridgehead atoms. The van der Waals surface area contributed by atoms with Crippen LogP contribution in [0.4, 0.5) is 0 Å². The van der Waals surface area contributed by atoms with E-state index in [4.69, 9.17) is 0 Å². The standard InChI is InChI=1S/C14H23N3O3/c1-8(2)15-13(19)14(20)17-16-12(18)7-11-6-9-3-4-10(11)5-9/h8-11H,3-7H2,1-2H3,(H,15,19)(H,16,18)(H,17,20)/t9-,10+,11+/m0/s1. The second kappa shape index (κ2) is 6.24. The first-order valence-electron chi connectivity index (χ1n) is 7.35. The van der Waals surface area contributed by atoms with Crippen LogP contribution in [0.2, 0.25) is 0 Å². The van der Waals surface area contributed by atoms with Crippen LogP contribution < -0.4 is 16.2 Å². The van der Waals surface area contributed by atoms with Crippen molar-refractivity contribution in [1.29, 1.82) is 0 Å². The SMILES string of the molecule is CC(C)NC(=O)C(=O)NNC(=O)C[C@H]1C[C@H]2CC[C@@H]1C2. The molecule has 6 heteroatoms. The third-order valence-corrected chi connectivity index (χ3v) is 4.27. The Kier molecular flexibility index (Phi) is 4.62. The molecule has 3 N–H and O–H groups in total. The zero-order chi connectivity index (χ0) is 14.7. The van der Waals surface area contributed by atoms with E-state index in [9.17, 15) is 14.4 Å². The number of hydrazine groups is 1. The summed E-state index contributed by atoms with van der Waals surface area (Å²) in [5.74, 6) is 0.124. The molecule has 0 spiro atoms. The molecule has 3 atom stereocenters. The van der Waals surface area contributed by atoms with Gasteiger partial charge in [-0.15, -0.1) is 0 Å². The molecule has 2 aliphatic carbocycles. The lowest BCUT2D eigenvalue weighted by molar-refractivity contribution is -0.141. The van der Waals surface area contributed by atoms with Gasteiger partial charge in [0.15, 0.2) is 0 Å². The van der Waals surface area contributed by atoms with Crippen LogP contribution in [-0.4, -0.2) is 23.8 Å². The van der Waals surface area contributed by atoms with E-state index in [1.165, 1.54) is 19.3 Å². The summed E-state index contributed by atoms with van der Waals surface area (Å²) in [4.78, 5) is 34.5. The molecule has 2 aliphatic rings. The monoisotopic (exact) mass is 281 g/mol. The number of carbonyl (C=O) groups is 3. The Hall–Kier alpha value is -1.59. The lowest BCUT2D eigenvalue weighted by Gasteiger charge is -2.20. The van der Waals surface area contributed by atoms with Gasteiger partial charge < -0.3 is 5.32 Å². The number of carbonyl (C=O) groups excluding carboxylic acids is 3. The highest BCUT2D eigenvalue weighted by Gasteiger charge is 2.40. The number of nitrogens with one attached hydrogen (secondary N) is 3. The summed E-state index contributed by atoms with van der Waals surface area (Å²) in [5, 5.41) is 2.46. The Morgan fingerprint density at radius 1 is 1.05 bits per heavy atom. The van der Waals surface area contributed by atoms with Crippen LogP contribution in [0.3, 0.4) is 0 Å². The molecule has 0 radical (unpaired) electrons. The fourth-order valence-electron chi connectivity index (χ4n) is 3.43. The number of hydrogen-bond acceptors (Lipinski definition) is 3. The quantitative estimate of drug-likeness (QED) is 0.519. The van der Waals surface area contributed by atoms with Gasteiger partial charge in [0, 0.05) is 12.5 Å². The van der Waals surface area contributed by atoms with Crippen LogP contribution in [0.1, 0.15) is 46.0 Å². The molecule has 0 unspecified atom stereocenters. The topological polar surface area (TPSA) is 87.3 Å². The third kappa shape index (κ3) is 3.71. The van der Waals surface area contributed by atoms with Crippen molar-refractivity contribution in [1.82, 2.24) is 16.2 Å². The van der Waals surface area contributed by atoms with Crippen molar-refractivity contribution in [2.24, 2.45) is 17.8 Å². The van der Waals surface area contributed by atoms with E-state index < -0.39 is 11.8 Å². The molecular weight excluding hydrogens is 258 g/mol. The second-order valence-corrected chi connectivity index (χ2v) is 6.27. The maximum atomic E-state index is 11.8. The average Bonchev–Trinajstić information content (AvgIpc) is 2.97. The van der Waals surface area contributed by atoms with Gasteiger partial charge in [0.1, 0.15) is 0 Å². The maximum absolute atomic E-state index is 11.8. The van der Waals surface area contributed by atoms with Crippen molar-refractivity contribution in [3.8, 4) is 0 Å². The molecule has 3 amide bonds. The maximum Gasteiger partial charge on any atom is 0.327 e. The van der Waals surface area contributed by atoms with Crippen LogP contribution in [0.15, 0.2) is 0 Å². The van der Waals surface area contributed by atoms with Crippen LogP contribution in [0, 0.1) is 17.8 Å². The average molecular weight is 281 g/mol. The fourth-order valence-corrected chi connectivity index (χ4v) is 3.43. The molecule has 6 nitrogen and oxygen atoms in total. The molecule has 20 heavy (non-hydrogen) atoms. The Bertz CT molecular complexity index is 408. The summed E-state index contributed by atoms with van der Waals surface area (Å²) in [6, 6.07) is -0.113. The minimum absolute atomic E-state index is 0.113. The van der Waals surface area contributed by atoms with Crippen LogP contribution in [0.25, 0.3) is 0 Å². The van der Waals surface area contributed by atoms with Crippen molar-refractivity contribution < 1.29 is 14.4 Å². The van der Waals surface area contributed by atoms with Crippen molar-refractivity contribution in [3.63, 3.8) is 0 Å². The molecule has 2 saturated carbocycles. The van der Waals surface area contributed by atoms with E-state index in [1.54, 1.807) is 13.8 Å². The largest absolute Gasteiger partial charge is 0.346 e. The predicted octanol–water partition coefficient (Wildman–Crippen LogP) is 0.485. The first-order chi connectivity index (χ1) is 9.45. The number of fused-ring (bicyclic) bond motifs is 2. The Balaban J connectivity index is 1.67. The van der Waals surface area contributed by atoms with E-state index in [1.807, 2.05) is 0 Å². The van der Waals surface area contributed by atoms with E-state index in [0.717, 1.165) is 12.3 Å². The van der Waals surface area contributed by atoms with Gasteiger partial charge in [-0.2, -0.15) is 0 Å². The zero-order valence-corrected chi connectivity index (χ0v) is 12.1. The molecule has 2 fully saturated rings. The highest BCUT2D eigenvalue weighted by molar-refractivity contribution is 6.35. The minimum atomic E-state index is -0.833. The van der Waals surface area contributed by atoms with Crippen LogP contribution in [0.5, 0.6) is 0 Å². The summed E-state index contributed by atoms with van der Waals surface area (Å²) >= 11 is 0. The first kappa shape index (κ1) is 14.8. The smallest absolute Gasteiger partial charge is 0.327 e. The molecular formula is C14H23N3O3. The van der Waals surface area contributed by atoms with Gasteiger partial charge in [-0.05, 0) is 50.9 Å². The van der Waals surface area contributed by atoms with E-state index in [-0.39, 0.29) is 11.9 Å². The summed E-state index contributed by atoms with van der Waals surface area (Å²) in [6.07, 6.45) is 5.34. The van der Waals surface area contributed by atoms with E-state index in [2.05, 4.69) is 16.2 Å². The van der Waals surface area contributed by atoms with Gasteiger partial charge >= 0.3 is 11.8 Å². The molecule has 0 aliphatic heterocycles. The highest BCUT2D eigenvalue weighted by Crippen LogP contribution is 2.49. The number of rotatable bonds is 3. The van der Waals surface area contributed by atoms with Crippen LogP contribution >= 0.6 is 0 Å². The van der Waals surface area contributed by atoms with Crippen molar-refractivity contribution in [3.05, 3.63) is 0 Å². The van der Waals surface area contributed by atoms with Gasteiger partial charge in [-0.1, -0.05) is 6.42 Å². The summed E-state index contributed by atoms with van der Waals surface area (Å²) < 4.78 is 0. The molecule has 2 rings (SSSR count). The van der Waals surface area contributed by atoms with E-state index >= 15 is 0 Å². The number of amides is 3. The van der Waals surface area contributed by atoms with Gasteiger partial charge in [-0.3, -0.25) is 25.2 Å². The Labute approximate surface area is 119 Å². The molecule has 0 aromatic heterocycles. The van der Waals surface area contributed by atoms with E-state index in [0.29, 0.717) is 18.3 Å². The molecule has 0 saturated heterocycles. The van der Waals surface area contributed by atoms with Crippen molar-refractivity contribution in [2.75, 3.05) is 0 Å². The summed E-state index contributed by atoms with van der Waals surface area (Å²) in [6.45, 7) is 3.53. The van der Waals surface area contributed by atoms with Gasteiger partial charge in [-0.25, -0.2) is 0 Å². The predicted molar refractivity (Wildman–Crippen MR) is 73.1 cm³/mol.